The Labute approximate surface area is 187 Å². The third kappa shape index (κ3) is 4.17. The summed E-state index contributed by atoms with van der Waals surface area (Å²) in [5.74, 6) is -1.44. The molecule has 0 aliphatic heterocycles. The number of halogens is 2. The maximum Gasteiger partial charge on any atom is 0.282 e. The molecule has 4 rings (SSSR count). The normalized spacial score (nSPS) is 11.6. The highest BCUT2D eigenvalue weighted by molar-refractivity contribution is 7.89. The molecule has 7 nitrogen and oxygen atoms in total. The summed E-state index contributed by atoms with van der Waals surface area (Å²) in [5.41, 5.74) is 0.516. The molecule has 0 radical (unpaired) electrons. The van der Waals surface area contributed by atoms with Crippen molar-refractivity contribution < 1.29 is 17.6 Å². The molecule has 2 N–H and O–H groups in total. The molecule has 0 aliphatic carbocycles. The minimum Gasteiger partial charge on any atom is -0.331 e. The molecule has 32 heavy (non-hydrogen) atoms. The fourth-order valence-electron chi connectivity index (χ4n) is 3.63. The van der Waals surface area contributed by atoms with Crippen LogP contribution in [0.15, 0.2) is 65.6 Å². The van der Waals surface area contributed by atoms with Crippen LogP contribution in [-0.2, 0) is 16.6 Å². The summed E-state index contributed by atoms with van der Waals surface area (Å²) in [6.07, 6.45) is 2.29. The van der Waals surface area contributed by atoms with Crippen LogP contribution in [0.1, 0.15) is 16.1 Å². The van der Waals surface area contributed by atoms with Crippen LogP contribution in [0.5, 0.6) is 0 Å². The number of carbonyl (C=O) groups excluding carboxylic acids is 1. The van der Waals surface area contributed by atoms with Crippen LogP contribution in [0.2, 0.25) is 5.02 Å². The van der Waals surface area contributed by atoms with Crippen LogP contribution in [0.25, 0.3) is 22.0 Å². The first-order chi connectivity index (χ1) is 15.2. The van der Waals surface area contributed by atoms with Gasteiger partial charge >= 0.3 is 0 Å². The van der Waals surface area contributed by atoms with E-state index in [4.69, 9.17) is 11.6 Å². The molecule has 0 spiro atoms. The molecular formula is C22H17ClFN3O4S. The van der Waals surface area contributed by atoms with E-state index in [1.54, 1.807) is 42.5 Å². The molecule has 0 saturated heterocycles. The summed E-state index contributed by atoms with van der Waals surface area (Å²) in [6.45, 7) is -0.0813. The lowest BCUT2D eigenvalue weighted by Gasteiger charge is -2.13. The van der Waals surface area contributed by atoms with E-state index in [9.17, 15) is 22.4 Å². The Balaban J connectivity index is 2.10. The zero-order valence-electron chi connectivity index (χ0n) is 16.7. The van der Waals surface area contributed by atoms with Gasteiger partial charge in [0.15, 0.2) is 0 Å². The van der Waals surface area contributed by atoms with E-state index in [0.29, 0.717) is 15.9 Å². The lowest BCUT2D eigenvalue weighted by molar-refractivity contribution is 0.0974. The van der Waals surface area contributed by atoms with Crippen molar-refractivity contribution in [1.82, 2.24) is 14.3 Å². The summed E-state index contributed by atoms with van der Waals surface area (Å²) in [7, 11) is -3.92. The molecule has 2 aromatic heterocycles. The van der Waals surface area contributed by atoms with Crippen molar-refractivity contribution in [3.63, 3.8) is 0 Å². The first kappa shape index (κ1) is 21.8. The predicted molar refractivity (Wildman–Crippen MR) is 121 cm³/mol. The molecule has 1 amide bonds. The Kier molecular flexibility index (Phi) is 5.62. The number of pyridine rings is 1. The molecule has 0 saturated carbocycles. The SMILES string of the molecule is CS(=O)(=O)NC(=O)c1c(-c2ccc[nH]c2=O)c2cc(Cl)ccc2n1Cc1ccccc1F. The topological polar surface area (TPSA) is 101 Å². The number of nitrogens with one attached hydrogen (secondary N) is 2. The molecule has 0 fully saturated rings. The molecule has 2 heterocycles. The minimum atomic E-state index is -3.92. The lowest BCUT2D eigenvalue weighted by atomic mass is 10.0. The number of aromatic nitrogens is 2. The summed E-state index contributed by atoms with van der Waals surface area (Å²) in [6, 6.07) is 13.9. The maximum absolute atomic E-state index is 14.5. The van der Waals surface area contributed by atoms with Crippen molar-refractivity contribution in [2.75, 3.05) is 6.26 Å². The smallest absolute Gasteiger partial charge is 0.282 e. The number of rotatable bonds is 5. The molecule has 0 unspecified atom stereocenters. The molecule has 0 aliphatic rings. The van der Waals surface area contributed by atoms with Crippen molar-refractivity contribution in [2.24, 2.45) is 0 Å². The van der Waals surface area contributed by atoms with E-state index >= 15 is 0 Å². The van der Waals surface area contributed by atoms with Gasteiger partial charge in [0.1, 0.15) is 11.5 Å². The van der Waals surface area contributed by atoms with E-state index in [1.807, 2.05) is 4.72 Å². The van der Waals surface area contributed by atoms with E-state index in [-0.39, 0.29) is 28.9 Å². The number of hydrogen-bond acceptors (Lipinski definition) is 4. The quantitative estimate of drug-likeness (QED) is 0.463. The van der Waals surface area contributed by atoms with E-state index < -0.39 is 27.3 Å². The zero-order valence-corrected chi connectivity index (χ0v) is 18.3. The highest BCUT2D eigenvalue weighted by Crippen LogP contribution is 2.36. The van der Waals surface area contributed by atoms with Crippen LogP contribution in [0.4, 0.5) is 4.39 Å². The fraction of sp³-hybridized carbons (Fsp3) is 0.0909. The van der Waals surface area contributed by atoms with Crippen molar-refractivity contribution in [3.8, 4) is 11.1 Å². The van der Waals surface area contributed by atoms with Crippen molar-refractivity contribution >= 4 is 38.4 Å². The number of nitrogens with zero attached hydrogens (tertiary/aromatic N) is 1. The third-order valence-electron chi connectivity index (χ3n) is 4.89. The predicted octanol–water partition coefficient (Wildman–Crippen LogP) is 3.53. The number of H-pyrrole nitrogens is 1. The van der Waals surface area contributed by atoms with Gasteiger partial charge in [-0.3, -0.25) is 9.59 Å². The summed E-state index contributed by atoms with van der Waals surface area (Å²) >= 11 is 6.20. The van der Waals surface area contributed by atoms with Crippen molar-refractivity contribution in [1.29, 1.82) is 0 Å². The number of carbonyl (C=O) groups is 1. The molecule has 164 valence electrons. The van der Waals surface area contributed by atoms with Crippen molar-refractivity contribution in [2.45, 2.75) is 6.54 Å². The molecule has 10 heteroatoms. The van der Waals surface area contributed by atoms with E-state index in [2.05, 4.69) is 4.98 Å². The van der Waals surface area contributed by atoms with Crippen LogP contribution in [-0.4, -0.2) is 30.1 Å². The second kappa shape index (κ2) is 8.25. The highest BCUT2D eigenvalue weighted by Gasteiger charge is 2.27. The molecule has 2 aromatic carbocycles. The highest BCUT2D eigenvalue weighted by atomic mass is 35.5. The van der Waals surface area contributed by atoms with Crippen LogP contribution < -0.4 is 10.3 Å². The van der Waals surface area contributed by atoms with Gasteiger partial charge in [-0.1, -0.05) is 29.8 Å². The fourth-order valence-corrected chi connectivity index (χ4v) is 4.24. The van der Waals surface area contributed by atoms with Gasteiger partial charge in [0, 0.05) is 38.8 Å². The lowest BCUT2D eigenvalue weighted by Crippen LogP contribution is -2.32. The average Bonchev–Trinajstić information content (AvgIpc) is 3.02. The van der Waals surface area contributed by atoms with Crippen LogP contribution in [0, 0.1) is 5.82 Å². The van der Waals surface area contributed by atoms with Crippen LogP contribution >= 0.6 is 11.6 Å². The molecular weight excluding hydrogens is 457 g/mol. The largest absolute Gasteiger partial charge is 0.331 e. The van der Waals surface area contributed by atoms with Gasteiger partial charge in [-0.15, -0.1) is 0 Å². The number of fused-ring (bicyclic) bond motifs is 1. The third-order valence-corrected chi connectivity index (χ3v) is 5.68. The summed E-state index contributed by atoms with van der Waals surface area (Å²) < 4.78 is 41.5. The maximum atomic E-state index is 14.5. The Hall–Kier alpha value is -3.43. The molecule has 0 bridgehead atoms. The molecule has 4 aromatic rings. The van der Waals surface area contributed by atoms with Crippen molar-refractivity contribution in [3.05, 3.63) is 93.2 Å². The van der Waals surface area contributed by atoms with Gasteiger partial charge in [0.2, 0.25) is 10.0 Å². The number of amides is 1. The average molecular weight is 474 g/mol. The standard InChI is InChI=1S/C22H17ClFN3O4S/c1-32(30,31)26-22(29)20-19(15-6-4-10-25-21(15)28)16-11-14(23)8-9-18(16)27(20)12-13-5-2-3-7-17(13)24/h2-11H,12H2,1H3,(H,25,28)(H,26,29). The van der Waals surface area contributed by atoms with Gasteiger partial charge in [-0.2, -0.15) is 0 Å². The Morgan fingerprint density at radius 1 is 1.16 bits per heavy atom. The number of aromatic amines is 1. The summed E-state index contributed by atoms with van der Waals surface area (Å²) in [5, 5.41) is 0.799. The number of benzene rings is 2. The first-order valence-corrected chi connectivity index (χ1v) is 11.7. The number of hydrogen-bond donors (Lipinski definition) is 2. The second-order valence-corrected chi connectivity index (χ2v) is 9.36. The van der Waals surface area contributed by atoms with Gasteiger partial charge < -0.3 is 9.55 Å². The Morgan fingerprint density at radius 3 is 2.59 bits per heavy atom. The first-order valence-electron chi connectivity index (χ1n) is 9.41. The van der Waals surface area contributed by atoms with Gasteiger partial charge in [0.25, 0.3) is 11.5 Å². The van der Waals surface area contributed by atoms with E-state index in [0.717, 1.165) is 6.26 Å². The summed E-state index contributed by atoms with van der Waals surface area (Å²) in [4.78, 5) is 28.3. The van der Waals surface area contributed by atoms with Gasteiger partial charge in [0.05, 0.1) is 12.8 Å². The Morgan fingerprint density at radius 2 is 1.91 bits per heavy atom. The molecule has 0 atom stereocenters. The minimum absolute atomic E-state index is 0.0813. The van der Waals surface area contributed by atoms with Gasteiger partial charge in [-0.05, 0) is 36.4 Å². The zero-order chi connectivity index (χ0) is 23.0. The van der Waals surface area contributed by atoms with Crippen LogP contribution in [0.3, 0.4) is 0 Å². The van der Waals surface area contributed by atoms with E-state index in [1.165, 1.54) is 22.9 Å². The second-order valence-electron chi connectivity index (χ2n) is 7.18. The number of sulfonamides is 1. The van der Waals surface area contributed by atoms with Gasteiger partial charge in [-0.25, -0.2) is 17.5 Å². The Bertz CT molecular complexity index is 1530. The monoisotopic (exact) mass is 473 g/mol.